The average Bonchev–Trinajstić information content (AvgIpc) is 3.40. The van der Waals surface area contributed by atoms with Crippen LogP contribution < -0.4 is 10.6 Å². The van der Waals surface area contributed by atoms with Crippen LogP contribution in [0.3, 0.4) is 0 Å². The van der Waals surface area contributed by atoms with Crippen molar-refractivity contribution in [1.82, 2.24) is 25.5 Å². The van der Waals surface area contributed by atoms with Crippen LogP contribution in [0.2, 0.25) is 5.02 Å². The Morgan fingerprint density at radius 1 is 1.10 bits per heavy atom. The van der Waals surface area contributed by atoms with Crippen molar-refractivity contribution >= 4 is 29.1 Å². The standard InChI is InChI=1S/C21H21ClN6O2/c22-15-7-5-6-14(12-15)21(30)24-18-11-4-3-10-17(18)20-25-27-28(26-20)13-19(29)23-16-8-1-2-9-16/h3-7,10-12,16H,1-2,8-9,13H2,(H,23,29)(H,24,30). The second-order valence-corrected chi connectivity index (χ2v) is 7.64. The van der Waals surface area contributed by atoms with E-state index in [1.54, 1.807) is 42.5 Å². The number of carbonyl (C=O) groups excluding carboxylic acids is 2. The molecule has 0 saturated heterocycles. The van der Waals surface area contributed by atoms with Gasteiger partial charge in [-0.25, -0.2) is 0 Å². The molecule has 1 fully saturated rings. The van der Waals surface area contributed by atoms with Gasteiger partial charge in [-0.05, 0) is 48.4 Å². The number of carbonyl (C=O) groups is 2. The minimum Gasteiger partial charge on any atom is -0.352 e. The van der Waals surface area contributed by atoms with Crippen LogP contribution >= 0.6 is 11.6 Å². The molecule has 3 aromatic rings. The number of nitrogens with zero attached hydrogens (tertiary/aromatic N) is 4. The summed E-state index contributed by atoms with van der Waals surface area (Å²) >= 11 is 5.97. The number of halogens is 1. The lowest BCUT2D eigenvalue weighted by Gasteiger charge is -2.10. The highest BCUT2D eigenvalue weighted by molar-refractivity contribution is 6.31. The van der Waals surface area contributed by atoms with Gasteiger partial charge in [-0.15, -0.1) is 10.2 Å². The van der Waals surface area contributed by atoms with E-state index < -0.39 is 0 Å². The molecule has 0 unspecified atom stereocenters. The maximum atomic E-state index is 12.6. The summed E-state index contributed by atoms with van der Waals surface area (Å²) in [6.45, 7) is 0.000536. The fourth-order valence-corrected chi connectivity index (χ4v) is 3.69. The van der Waals surface area contributed by atoms with Crippen LogP contribution in [0.15, 0.2) is 48.5 Å². The SMILES string of the molecule is O=C(Cn1nnc(-c2ccccc2NC(=O)c2cccc(Cl)c2)n1)NC1CCCC1. The molecular weight excluding hydrogens is 404 g/mol. The zero-order valence-electron chi connectivity index (χ0n) is 16.2. The quantitative estimate of drug-likeness (QED) is 0.632. The van der Waals surface area contributed by atoms with Gasteiger partial charge in [0.15, 0.2) is 0 Å². The van der Waals surface area contributed by atoms with Crippen molar-refractivity contribution < 1.29 is 9.59 Å². The molecule has 1 heterocycles. The molecule has 0 spiro atoms. The molecule has 0 aliphatic heterocycles. The maximum absolute atomic E-state index is 12.6. The Morgan fingerprint density at radius 2 is 1.90 bits per heavy atom. The highest BCUT2D eigenvalue weighted by Gasteiger charge is 2.19. The first-order valence-corrected chi connectivity index (χ1v) is 10.2. The smallest absolute Gasteiger partial charge is 0.255 e. The lowest BCUT2D eigenvalue weighted by atomic mass is 10.1. The van der Waals surface area contributed by atoms with Gasteiger partial charge in [0.05, 0.1) is 5.69 Å². The number of hydrogen-bond acceptors (Lipinski definition) is 5. The number of para-hydroxylation sites is 1. The van der Waals surface area contributed by atoms with Crippen molar-refractivity contribution in [2.24, 2.45) is 0 Å². The van der Waals surface area contributed by atoms with Crippen LogP contribution in [0.5, 0.6) is 0 Å². The number of nitrogens with one attached hydrogen (secondary N) is 2. The number of tetrazole rings is 1. The van der Waals surface area contributed by atoms with Gasteiger partial charge in [-0.1, -0.05) is 42.6 Å². The molecule has 0 radical (unpaired) electrons. The van der Waals surface area contributed by atoms with Gasteiger partial charge < -0.3 is 10.6 Å². The van der Waals surface area contributed by atoms with Crippen LogP contribution in [0.25, 0.3) is 11.4 Å². The second-order valence-electron chi connectivity index (χ2n) is 7.20. The third-order valence-electron chi connectivity index (χ3n) is 4.96. The predicted octanol–water partition coefficient (Wildman–Crippen LogP) is 3.30. The molecule has 9 heteroatoms. The molecule has 0 atom stereocenters. The predicted molar refractivity (Wildman–Crippen MR) is 113 cm³/mol. The van der Waals surface area contributed by atoms with Crippen molar-refractivity contribution in [3.8, 4) is 11.4 Å². The van der Waals surface area contributed by atoms with E-state index in [0.29, 0.717) is 27.7 Å². The molecule has 154 valence electrons. The summed E-state index contributed by atoms with van der Waals surface area (Å²) < 4.78 is 0. The third-order valence-corrected chi connectivity index (χ3v) is 5.20. The molecule has 1 saturated carbocycles. The molecule has 1 aromatic heterocycles. The zero-order valence-corrected chi connectivity index (χ0v) is 17.0. The Morgan fingerprint density at radius 3 is 2.70 bits per heavy atom. The van der Waals surface area contributed by atoms with E-state index in [4.69, 9.17) is 11.6 Å². The largest absolute Gasteiger partial charge is 0.352 e. The van der Waals surface area contributed by atoms with E-state index >= 15 is 0 Å². The Hall–Kier alpha value is -3.26. The van der Waals surface area contributed by atoms with Crippen molar-refractivity contribution in [3.63, 3.8) is 0 Å². The number of benzene rings is 2. The first kappa shape index (κ1) is 20.0. The Kier molecular flexibility index (Phi) is 6.04. The van der Waals surface area contributed by atoms with E-state index in [1.807, 2.05) is 6.07 Å². The average molecular weight is 425 g/mol. The highest BCUT2D eigenvalue weighted by Crippen LogP contribution is 2.25. The van der Waals surface area contributed by atoms with E-state index in [2.05, 4.69) is 26.0 Å². The molecule has 0 bridgehead atoms. The first-order chi connectivity index (χ1) is 14.6. The van der Waals surface area contributed by atoms with Crippen LogP contribution in [-0.4, -0.2) is 38.1 Å². The summed E-state index contributed by atoms with van der Waals surface area (Å²) in [6.07, 6.45) is 4.33. The molecule has 4 rings (SSSR count). The van der Waals surface area contributed by atoms with E-state index in [9.17, 15) is 9.59 Å². The Bertz CT molecular complexity index is 1060. The summed E-state index contributed by atoms with van der Waals surface area (Å²) in [7, 11) is 0. The number of rotatable bonds is 6. The molecule has 2 aromatic carbocycles. The second kappa shape index (κ2) is 9.04. The molecule has 1 aliphatic carbocycles. The van der Waals surface area contributed by atoms with Crippen LogP contribution in [0, 0.1) is 0 Å². The normalized spacial score (nSPS) is 13.9. The van der Waals surface area contributed by atoms with Crippen LogP contribution in [0.4, 0.5) is 5.69 Å². The van der Waals surface area contributed by atoms with Crippen molar-refractivity contribution in [3.05, 3.63) is 59.1 Å². The summed E-state index contributed by atoms with van der Waals surface area (Å²) in [6, 6.07) is 14.1. The van der Waals surface area contributed by atoms with Gasteiger partial charge in [0.1, 0.15) is 6.54 Å². The molecule has 8 nitrogen and oxygen atoms in total. The molecule has 1 aliphatic rings. The molecule has 30 heavy (non-hydrogen) atoms. The highest BCUT2D eigenvalue weighted by atomic mass is 35.5. The minimum absolute atomic E-state index is 0.000536. The third kappa shape index (κ3) is 4.83. The molecule has 2 amide bonds. The fourth-order valence-electron chi connectivity index (χ4n) is 3.50. The topological polar surface area (TPSA) is 102 Å². The summed E-state index contributed by atoms with van der Waals surface area (Å²) in [4.78, 5) is 26.0. The maximum Gasteiger partial charge on any atom is 0.255 e. The summed E-state index contributed by atoms with van der Waals surface area (Å²) in [5, 5.41) is 18.7. The zero-order chi connectivity index (χ0) is 20.9. The van der Waals surface area contributed by atoms with Gasteiger partial charge in [0.25, 0.3) is 5.91 Å². The molecular formula is C21H21ClN6O2. The fraction of sp³-hybridized carbons (Fsp3) is 0.286. The number of hydrogen-bond donors (Lipinski definition) is 2. The number of amides is 2. The van der Waals surface area contributed by atoms with Crippen LogP contribution in [0.1, 0.15) is 36.0 Å². The van der Waals surface area contributed by atoms with E-state index in [0.717, 1.165) is 25.7 Å². The van der Waals surface area contributed by atoms with Gasteiger partial charge >= 0.3 is 0 Å². The van der Waals surface area contributed by atoms with Crippen LogP contribution in [-0.2, 0) is 11.3 Å². The number of aromatic nitrogens is 4. The van der Waals surface area contributed by atoms with Gasteiger partial charge in [-0.3, -0.25) is 9.59 Å². The van der Waals surface area contributed by atoms with Gasteiger partial charge in [0, 0.05) is 22.2 Å². The minimum atomic E-state index is -0.298. The van der Waals surface area contributed by atoms with Gasteiger partial charge in [0.2, 0.25) is 11.7 Å². The Labute approximate surface area is 178 Å². The lowest BCUT2D eigenvalue weighted by molar-refractivity contribution is -0.122. The Balaban J connectivity index is 1.47. The van der Waals surface area contributed by atoms with Crippen molar-refractivity contribution in [2.75, 3.05) is 5.32 Å². The van der Waals surface area contributed by atoms with Gasteiger partial charge in [-0.2, -0.15) is 4.80 Å². The monoisotopic (exact) mass is 424 g/mol. The molecule has 2 N–H and O–H groups in total. The summed E-state index contributed by atoms with van der Waals surface area (Å²) in [5.41, 5.74) is 1.59. The summed E-state index contributed by atoms with van der Waals surface area (Å²) in [5.74, 6) is -0.104. The van der Waals surface area contributed by atoms with Crippen molar-refractivity contribution in [2.45, 2.75) is 38.3 Å². The first-order valence-electron chi connectivity index (χ1n) is 9.82. The number of anilines is 1. The van der Waals surface area contributed by atoms with E-state index in [-0.39, 0.29) is 24.4 Å². The lowest BCUT2D eigenvalue weighted by Crippen LogP contribution is -2.35. The van der Waals surface area contributed by atoms with Crippen molar-refractivity contribution in [1.29, 1.82) is 0 Å². The van der Waals surface area contributed by atoms with E-state index in [1.165, 1.54) is 4.80 Å².